The summed E-state index contributed by atoms with van der Waals surface area (Å²) in [5, 5.41) is 7.51. The molecule has 0 bridgehead atoms. The molecule has 0 atom stereocenters. The third-order valence-corrected chi connectivity index (χ3v) is 3.51. The van der Waals surface area contributed by atoms with Crippen molar-refractivity contribution in [2.75, 3.05) is 0 Å². The molecule has 3 rings (SSSR count). The molecule has 0 unspecified atom stereocenters. The van der Waals surface area contributed by atoms with Gasteiger partial charge in [0.1, 0.15) is 11.6 Å². The zero-order chi connectivity index (χ0) is 19.1. The predicted molar refractivity (Wildman–Crippen MR) is 104 cm³/mol. The third kappa shape index (κ3) is 5.38. The van der Waals surface area contributed by atoms with Crippen LogP contribution >= 0.6 is 0 Å². The number of nitrogens with one attached hydrogen (secondary N) is 1. The van der Waals surface area contributed by atoms with E-state index in [4.69, 9.17) is 5.41 Å². The zero-order valence-corrected chi connectivity index (χ0v) is 15.3. The molecule has 4 heteroatoms. The molecule has 0 radical (unpaired) electrons. The Morgan fingerprint density at radius 3 is 2.27 bits per heavy atom. The lowest BCUT2D eigenvalue weighted by Crippen LogP contribution is -2.01. The quantitative estimate of drug-likeness (QED) is 0.545. The Hall–Kier alpha value is -2.75. The maximum absolute atomic E-state index is 13.9. The van der Waals surface area contributed by atoms with Crippen molar-refractivity contribution < 1.29 is 8.78 Å². The van der Waals surface area contributed by atoms with Gasteiger partial charge in [-0.2, -0.15) is 0 Å². The Kier molecular flexibility index (Phi) is 6.84. The van der Waals surface area contributed by atoms with Gasteiger partial charge in [0.25, 0.3) is 0 Å². The molecule has 136 valence electrons. The highest BCUT2D eigenvalue weighted by Gasteiger charge is 2.11. The highest BCUT2D eigenvalue weighted by Crippen LogP contribution is 2.26. The summed E-state index contributed by atoms with van der Waals surface area (Å²) in [4.78, 5) is 0. The molecule has 0 saturated carbocycles. The monoisotopic (exact) mass is 354 g/mol. The van der Waals surface area contributed by atoms with Gasteiger partial charge in [-0.1, -0.05) is 51.1 Å². The second kappa shape index (κ2) is 9.09. The van der Waals surface area contributed by atoms with Crippen LogP contribution in [0.5, 0.6) is 0 Å². The molecule has 0 spiro atoms. The highest BCUT2D eigenvalue weighted by atomic mass is 19.1. The molecule has 0 aliphatic carbocycles. The first-order valence-corrected chi connectivity index (χ1v) is 8.60. The van der Waals surface area contributed by atoms with E-state index < -0.39 is 11.6 Å². The molecule has 1 aromatic heterocycles. The van der Waals surface area contributed by atoms with Crippen molar-refractivity contribution in [2.45, 2.75) is 27.3 Å². The van der Waals surface area contributed by atoms with Crippen LogP contribution in [0.4, 0.5) is 8.78 Å². The lowest BCUT2D eigenvalue weighted by Gasteiger charge is -2.05. The van der Waals surface area contributed by atoms with Gasteiger partial charge in [0.15, 0.2) is 0 Å². The van der Waals surface area contributed by atoms with E-state index in [1.165, 1.54) is 12.3 Å². The Balaban J connectivity index is 0.000000552. The summed E-state index contributed by atoms with van der Waals surface area (Å²) in [6.45, 7) is 7.07. The number of hydrogen-bond donors (Lipinski definition) is 1. The molecule has 0 amide bonds. The van der Waals surface area contributed by atoms with Crippen LogP contribution in [0, 0.1) is 23.0 Å². The molecule has 0 fully saturated rings. The fourth-order valence-electron chi connectivity index (χ4n) is 2.43. The van der Waals surface area contributed by atoms with Crippen molar-refractivity contribution in [1.29, 1.82) is 5.41 Å². The minimum absolute atomic E-state index is 0.204. The number of aromatic nitrogens is 1. The zero-order valence-electron chi connectivity index (χ0n) is 15.3. The summed E-state index contributed by atoms with van der Waals surface area (Å²) in [5.74, 6) is -0.126. The average Bonchev–Trinajstić information content (AvgIpc) is 3.00. The molecule has 1 N–H and O–H groups in total. The van der Waals surface area contributed by atoms with E-state index in [9.17, 15) is 8.78 Å². The van der Waals surface area contributed by atoms with Crippen LogP contribution < -0.4 is 0 Å². The molecule has 0 aliphatic heterocycles. The third-order valence-electron chi connectivity index (χ3n) is 3.51. The molecule has 2 aromatic carbocycles. The molecular weight excluding hydrogens is 330 g/mol. The molecule has 26 heavy (non-hydrogen) atoms. The summed E-state index contributed by atoms with van der Waals surface area (Å²) in [6, 6.07) is 14.8. The van der Waals surface area contributed by atoms with Gasteiger partial charge in [-0.3, -0.25) is 0 Å². The fourth-order valence-corrected chi connectivity index (χ4v) is 2.43. The van der Waals surface area contributed by atoms with Gasteiger partial charge >= 0.3 is 0 Å². The van der Waals surface area contributed by atoms with Crippen LogP contribution in [-0.4, -0.2) is 10.8 Å². The number of benzene rings is 2. The Morgan fingerprint density at radius 2 is 1.65 bits per heavy atom. The lowest BCUT2D eigenvalue weighted by atomic mass is 10.1. The Morgan fingerprint density at radius 1 is 1.00 bits per heavy atom. The Labute approximate surface area is 153 Å². The normalized spacial score (nSPS) is 10.4. The van der Waals surface area contributed by atoms with Gasteiger partial charge in [0, 0.05) is 30.1 Å². The maximum atomic E-state index is 13.9. The second-order valence-electron chi connectivity index (χ2n) is 6.77. The smallest absolute Gasteiger partial charge is 0.131 e. The van der Waals surface area contributed by atoms with Crippen LogP contribution in [0.15, 0.2) is 60.8 Å². The van der Waals surface area contributed by atoms with Crippen molar-refractivity contribution in [3.8, 4) is 11.1 Å². The summed E-state index contributed by atoms with van der Waals surface area (Å²) >= 11 is 0. The first kappa shape index (κ1) is 19.6. The summed E-state index contributed by atoms with van der Waals surface area (Å²) in [7, 11) is 0. The van der Waals surface area contributed by atoms with Crippen LogP contribution in [0.25, 0.3) is 11.1 Å². The van der Waals surface area contributed by atoms with Gasteiger partial charge in [-0.15, -0.1) is 0 Å². The van der Waals surface area contributed by atoms with Crippen LogP contribution in [0.3, 0.4) is 0 Å². The standard InChI is InChI=1S/C18H14F2N2.C4H10/c19-15-6-7-18(20)17(9-15)14-8-16(10-21)22(12-14)11-13-4-2-1-3-5-13;1-4(2)3/h1-10,12,21H,11H2;4H,1-3H3. The lowest BCUT2D eigenvalue weighted by molar-refractivity contribution is 0.603. The van der Waals surface area contributed by atoms with Crippen molar-refractivity contribution in [1.82, 2.24) is 4.57 Å². The molecule has 0 saturated heterocycles. The van der Waals surface area contributed by atoms with Crippen LogP contribution in [0.2, 0.25) is 0 Å². The van der Waals surface area contributed by atoms with Crippen molar-refractivity contribution in [3.63, 3.8) is 0 Å². The van der Waals surface area contributed by atoms with E-state index in [0.717, 1.165) is 23.6 Å². The minimum Gasteiger partial charge on any atom is -0.342 e. The largest absolute Gasteiger partial charge is 0.342 e. The van der Waals surface area contributed by atoms with Crippen LogP contribution in [0.1, 0.15) is 32.0 Å². The fraction of sp³-hybridized carbons (Fsp3) is 0.227. The molecule has 2 nitrogen and oxygen atoms in total. The molecular formula is C22H24F2N2. The van der Waals surface area contributed by atoms with Crippen molar-refractivity contribution in [3.05, 3.63) is 83.7 Å². The number of halogens is 2. The average molecular weight is 354 g/mol. The maximum Gasteiger partial charge on any atom is 0.131 e. The van der Waals surface area contributed by atoms with Gasteiger partial charge in [0.2, 0.25) is 0 Å². The summed E-state index contributed by atoms with van der Waals surface area (Å²) < 4.78 is 29.1. The van der Waals surface area contributed by atoms with Gasteiger partial charge < -0.3 is 9.98 Å². The van der Waals surface area contributed by atoms with Gasteiger partial charge in [-0.25, -0.2) is 8.78 Å². The number of hydrogen-bond acceptors (Lipinski definition) is 1. The van der Waals surface area contributed by atoms with E-state index >= 15 is 0 Å². The molecule has 3 aromatic rings. The van der Waals surface area contributed by atoms with Crippen molar-refractivity contribution >= 4 is 6.21 Å². The predicted octanol–water partition coefficient (Wildman–Crippen LogP) is 6.14. The first-order chi connectivity index (χ1) is 12.4. The second-order valence-corrected chi connectivity index (χ2v) is 6.77. The molecule has 0 aliphatic rings. The first-order valence-electron chi connectivity index (χ1n) is 8.60. The minimum atomic E-state index is -0.483. The van der Waals surface area contributed by atoms with E-state index in [0.29, 0.717) is 17.8 Å². The topological polar surface area (TPSA) is 28.8 Å². The Bertz CT molecular complexity index is 849. The van der Waals surface area contributed by atoms with Crippen molar-refractivity contribution in [2.24, 2.45) is 5.92 Å². The van der Waals surface area contributed by atoms with E-state index in [1.54, 1.807) is 12.3 Å². The van der Waals surface area contributed by atoms with E-state index in [2.05, 4.69) is 20.8 Å². The highest BCUT2D eigenvalue weighted by molar-refractivity contribution is 5.79. The van der Waals surface area contributed by atoms with E-state index in [-0.39, 0.29) is 5.56 Å². The number of nitrogens with zero attached hydrogens (tertiary/aromatic N) is 1. The van der Waals surface area contributed by atoms with Crippen LogP contribution in [-0.2, 0) is 6.54 Å². The summed E-state index contributed by atoms with van der Waals surface area (Å²) in [5.41, 5.74) is 2.48. The molecule has 1 heterocycles. The van der Waals surface area contributed by atoms with Gasteiger partial charge in [0.05, 0.1) is 5.69 Å². The summed E-state index contributed by atoms with van der Waals surface area (Å²) in [6.07, 6.45) is 2.95. The van der Waals surface area contributed by atoms with Gasteiger partial charge in [-0.05, 0) is 35.7 Å². The van der Waals surface area contributed by atoms with E-state index in [1.807, 2.05) is 34.9 Å². The number of rotatable bonds is 4. The SMILES string of the molecule is CC(C)C.N=Cc1cc(-c2cc(F)ccc2F)cn1Cc1ccccc1.